The molecule has 1 amide bonds. The van der Waals surface area contributed by atoms with Crippen LogP contribution in [0.5, 0.6) is 0 Å². The zero-order valence-electron chi connectivity index (χ0n) is 15.5. The maximum Gasteiger partial charge on any atom is 1.00 e. The van der Waals surface area contributed by atoms with Crippen molar-refractivity contribution in [1.29, 1.82) is 0 Å². The van der Waals surface area contributed by atoms with E-state index in [4.69, 9.17) is 9.47 Å². The van der Waals surface area contributed by atoms with Crippen molar-refractivity contribution >= 4 is 6.09 Å². The molecule has 0 bridgehead atoms. The second-order valence-electron chi connectivity index (χ2n) is 7.34. The van der Waals surface area contributed by atoms with Gasteiger partial charge in [0.15, 0.2) is 0 Å². The van der Waals surface area contributed by atoms with E-state index in [-0.39, 0.29) is 30.5 Å². The van der Waals surface area contributed by atoms with Gasteiger partial charge in [0.25, 0.3) is 0 Å². The number of ether oxygens (including phenoxy) is 2. The average Bonchev–Trinajstić information content (AvgIpc) is 2.74. The molecular weight excluding hydrogens is 285 g/mol. The first kappa shape index (κ1) is 20.9. The minimum atomic E-state index is -0.422. The number of hydrogen-bond acceptors (Lipinski definition) is 3. The molecule has 0 atom stereocenters. The van der Waals surface area contributed by atoms with E-state index in [1.54, 1.807) is 6.61 Å². The second-order valence-corrected chi connectivity index (χ2v) is 7.34. The number of carbonyl (C=O) groups is 1. The molecular formula is C18H32LiNO3. The van der Waals surface area contributed by atoms with Crippen molar-refractivity contribution in [3.63, 3.8) is 0 Å². The molecule has 0 aromatic carbocycles. The van der Waals surface area contributed by atoms with E-state index in [1.807, 2.05) is 4.90 Å². The summed E-state index contributed by atoms with van der Waals surface area (Å²) in [7, 11) is 0. The van der Waals surface area contributed by atoms with Gasteiger partial charge in [-0.15, -0.1) is 6.42 Å². The van der Waals surface area contributed by atoms with Gasteiger partial charge in [-0.2, -0.15) is 6.61 Å². The molecule has 1 aliphatic heterocycles. The van der Waals surface area contributed by atoms with Crippen LogP contribution < -0.4 is 18.9 Å². The van der Waals surface area contributed by atoms with Gasteiger partial charge in [-0.05, 0) is 39.5 Å². The van der Waals surface area contributed by atoms with Crippen LogP contribution >= 0.6 is 0 Å². The first-order valence-corrected chi connectivity index (χ1v) is 8.98. The summed E-state index contributed by atoms with van der Waals surface area (Å²) in [5.74, 6) is 0. The molecule has 5 heteroatoms. The minimum Gasteiger partial charge on any atom is -0.621 e. The van der Waals surface area contributed by atoms with E-state index < -0.39 is 5.72 Å². The summed E-state index contributed by atoms with van der Waals surface area (Å²) < 4.78 is 11.6. The zero-order valence-corrected chi connectivity index (χ0v) is 15.5. The quantitative estimate of drug-likeness (QED) is 0.427. The summed E-state index contributed by atoms with van der Waals surface area (Å²) in [6.45, 7) is 8.61. The van der Waals surface area contributed by atoms with Crippen LogP contribution in [0.3, 0.4) is 0 Å². The Morgan fingerprint density at radius 1 is 1.17 bits per heavy atom. The fourth-order valence-corrected chi connectivity index (χ4v) is 3.71. The number of hydrogen-bond donors (Lipinski definition) is 0. The van der Waals surface area contributed by atoms with Crippen LogP contribution in [0.15, 0.2) is 0 Å². The number of amides is 1. The summed E-state index contributed by atoms with van der Waals surface area (Å²) in [5.41, 5.74) is -0.709. The second kappa shape index (κ2) is 9.35. The Morgan fingerprint density at radius 3 is 2.52 bits per heavy atom. The van der Waals surface area contributed by atoms with Gasteiger partial charge >= 0.3 is 25.0 Å². The molecule has 0 aromatic heterocycles. The maximum atomic E-state index is 12.6. The van der Waals surface area contributed by atoms with E-state index in [0.717, 1.165) is 38.5 Å². The Morgan fingerprint density at radius 2 is 1.87 bits per heavy atom. The summed E-state index contributed by atoms with van der Waals surface area (Å²) in [5, 5.41) is 0. The van der Waals surface area contributed by atoms with Gasteiger partial charge in [-0.25, -0.2) is 4.79 Å². The molecule has 128 valence electrons. The van der Waals surface area contributed by atoms with Crippen LogP contribution in [-0.2, 0) is 9.47 Å². The predicted octanol–water partition coefficient (Wildman–Crippen LogP) is 2.03. The molecule has 2 rings (SSSR count). The predicted molar refractivity (Wildman–Crippen MR) is 87.2 cm³/mol. The normalized spacial score (nSPS) is 22.0. The summed E-state index contributed by atoms with van der Waals surface area (Å²) in [6.07, 6.45) is 10.7. The molecule has 1 aliphatic carbocycles. The van der Waals surface area contributed by atoms with E-state index in [9.17, 15) is 4.79 Å². The maximum absolute atomic E-state index is 12.6. The molecule has 1 saturated carbocycles. The summed E-state index contributed by atoms with van der Waals surface area (Å²) >= 11 is 0. The van der Waals surface area contributed by atoms with Crippen LogP contribution in [0.25, 0.3) is 0 Å². The summed E-state index contributed by atoms with van der Waals surface area (Å²) in [4.78, 5) is 14.5. The van der Waals surface area contributed by atoms with Gasteiger partial charge in [-0.3, -0.25) is 4.90 Å². The van der Waals surface area contributed by atoms with Crippen molar-refractivity contribution in [2.45, 2.75) is 96.2 Å². The summed E-state index contributed by atoms with van der Waals surface area (Å²) in [6, 6.07) is 0. The zero-order chi connectivity index (χ0) is 16.1. The Hall–Kier alpha value is -0.173. The SMILES string of the molecule is CCCCCC[CH-]OC(=O)N1C(C)(C)COC12CCCCC2.[Li+]. The Bertz CT molecular complexity index is 367. The van der Waals surface area contributed by atoms with Gasteiger partial charge in [-0.1, -0.05) is 39.0 Å². The van der Waals surface area contributed by atoms with Gasteiger partial charge in [0.1, 0.15) is 5.72 Å². The largest absolute Gasteiger partial charge is 1.00 e. The average molecular weight is 317 g/mol. The van der Waals surface area contributed by atoms with E-state index >= 15 is 0 Å². The van der Waals surface area contributed by atoms with Crippen LogP contribution in [0.4, 0.5) is 4.79 Å². The van der Waals surface area contributed by atoms with Crippen molar-refractivity contribution < 1.29 is 33.1 Å². The Labute approximate surface area is 153 Å². The van der Waals surface area contributed by atoms with Crippen molar-refractivity contribution in [1.82, 2.24) is 4.90 Å². The third-order valence-electron chi connectivity index (χ3n) is 4.88. The Kier molecular flexibility index (Phi) is 8.48. The number of carbonyl (C=O) groups excluding carboxylic acids is 1. The van der Waals surface area contributed by atoms with Crippen molar-refractivity contribution in [2.24, 2.45) is 0 Å². The molecule has 0 aromatic rings. The number of rotatable bonds is 6. The standard InChI is InChI=1S/C18H32NO3.Li/c1-4-5-6-7-11-14-21-16(20)19-17(2,3)15-22-18(19)12-9-8-10-13-18;/h14H,4-13,15H2,1-3H3;/q-1;+1. The molecule has 0 unspecified atom stereocenters. The fraction of sp³-hybridized carbons (Fsp3) is 0.889. The monoisotopic (exact) mass is 317 g/mol. The van der Waals surface area contributed by atoms with Crippen LogP contribution in [0.2, 0.25) is 0 Å². The number of nitrogens with zero attached hydrogens (tertiary/aromatic N) is 1. The first-order valence-electron chi connectivity index (χ1n) is 8.98. The van der Waals surface area contributed by atoms with Gasteiger partial charge in [0, 0.05) is 0 Å². The van der Waals surface area contributed by atoms with Crippen LogP contribution in [0.1, 0.15) is 85.0 Å². The molecule has 23 heavy (non-hydrogen) atoms. The van der Waals surface area contributed by atoms with Crippen LogP contribution in [-0.4, -0.2) is 28.9 Å². The Balaban J connectivity index is 0.00000264. The molecule has 1 saturated heterocycles. The molecule has 2 fully saturated rings. The third-order valence-corrected chi connectivity index (χ3v) is 4.88. The fourth-order valence-electron chi connectivity index (χ4n) is 3.71. The van der Waals surface area contributed by atoms with Crippen molar-refractivity contribution in [3.8, 4) is 0 Å². The minimum absolute atomic E-state index is 0. The van der Waals surface area contributed by atoms with Crippen molar-refractivity contribution in [3.05, 3.63) is 6.61 Å². The van der Waals surface area contributed by atoms with Crippen LogP contribution in [0, 0.1) is 6.61 Å². The molecule has 4 nitrogen and oxygen atoms in total. The van der Waals surface area contributed by atoms with E-state index in [1.165, 1.54) is 25.7 Å². The molecule has 1 spiro atoms. The van der Waals surface area contributed by atoms with Crippen molar-refractivity contribution in [2.75, 3.05) is 6.61 Å². The van der Waals surface area contributed by atoms with E-state index in [0.29, 0.717) is 6.61 Å². The molecule has 0 N–H and O–H groups in total. The molecule has 0 radical (unpaired) electrons. The first-order chi connectivity index (χ1) is 10.5. The molecule has 1 heterocycles. The topological polar surface area (TPSA) is 38.8 Å². The van der Waals surface area contributed by atoms with E-state index in [2.05, 4.69) is 20.8 Å². The third kappa shape index (κ3) is 5.15. The van der Waals surface area contributed by atoms with Gasteiger partial charge in [0.2, 0.25) is 0 Å². The smallest absolute Gasteiger partial charge is 0.621 e. The van der Waals surface area contributed by atoms with Gasteiger partial charge in [0.05, 0.1) is 12.1 Å². The van der Waals surface area contributed by atoms with Gasteiger partial charge < -0.3 is 9.47 Å². The molecule has 2 aliphatic rings. The number of unbranched alkanes of at least 4 members (excludes halogenated alkanes) is 4.